The number of hydrogen-bond donors (Lipinski definition) is 0. The van der Waals surface area contributed by atoms with Crippen molar-refractivity contribution in [1.82, 2.24) is 0 Å². The summed E-state index contributed by atoms with van der Waals surface area (Å²) in [5.41, 5.74) is 5.86. The van der Waals surface area contributed by atoms with Gasteiger partial charge in [0.05, 0.1) is 6.61 Å². The minimum absolute atomic E-state index is 0.674. The van der Waals surface area contributed by atoms with Crippen LogP contribution in [0.3, 0.4) is 0 Å². The van der Waals surface area contributed by atoms with Crippen LogP contribution in [-0.4, -0.2) is 6.61 Å². The molecule has 1 saturated carbocycles. The SMILES string of the molecule is CCOc1ccc(CCc2ccc(C3CCC(C[C@H](C)c4ccccc4)CC3)cc2)cc1. The van der Waals surface area contributed by atoms with Crippen molar-refractivity contribution in [3.8, 4) is 5.75 Å². The lowest BCUT2D eigenvalue weighted by Gasteiger charge is -2.30. The molecule has 0 saturated heterocycles. The molecule has 4 rings (SSSR count). The van der Waals surface area contributed by atoms with Gasteiger partial charge in [-0.3, -0.25) is 0 Å². The Morgan fingerprint density at radius 1 is 0.750 bits per heavy atom. The van der Waals surface area contributed by atoms with Gasteiger partial charge in [-0.15, -0.1) is 0 Å². The fourth-order valence-electron chi connectivity index (χ4n) is 5.31. The van der Waals surface area contributed by atoms with Crippen LogP contribution in [0.4, 0.5) is 0 Å². The largest absolute Gasteiger partial charge is 0.494 e. The van der Waals surface area contributed by atoms with E-state index in [0.29, 0.717) is 5.92 Å². The van der Waals surface area contributed by atoms with E-state index in [1.54, 1.807) is 5.56 Å². The molecule has 3 aromatic carbocycles. The highest BCUT2D eigenvalue weighted by atomic mass is 16.5. The molecule has 32 heavy (non-hydrogen) atoms. The molecule has 0 aromatic heterocycles. The summed E-state index contributed by atoms with van der Waals surface area (Å²) >= 11 is 0. The highest BCUT2D eigenvalue weighted by Gasteiger charge is 2.24. The monoisotopic (exact) mass is 426 g/mol. The molecular formula is C31H38O. The van der Waals surface area contributed by atoms with Crippen molar-refractivity contribution in [3.63, 3.8) is 0 Å². The van der Waals surface area contributed by atoms with Gasteiger partial charge in [0.25, 0.3) is 0 Å². The zero-order valence-corrected chi connectivity index (χ0v) is 19.8. The first-order valence-electron chi connectivity index (χ1n) is 12.6. The summed E-state index contributed by atoms with van der Waals surface area (Å²) in [4.78, 5) is 0. The first kappa shape index (κ1) is 22.6. The van der Waals surface area contributed by atoms with E-state index in [4.69, 9.17) is 4.74 Å². The van der Waals surface area contributed by atoms with E-state index in [-0.39, 0.29) is 0 Å². The van der Waals surface area contributed by atoms with E-state index in [2.05, 4.69) is 85.8 Å². The van der Waals surface area contributed by atoms with Gasteiger partial charge in [-0.05, 0) is 104 Å². The summed E-state index contributed by atoms with van der Waals surface area (Å²) in [5.74, 6) is 3.27. The number of benzene rings is 3. The molecule has 1 aliphatic carbocycles. The summed E-state index contributed by atoms with van der Waals surface area (Å²) < 4.78 is 5.54. The first-order valence-corrected chi connectivity index (χ1v) is 12.6. The van der Waals surface area contributed by atoms with Crippen LogP contribution >= 0.6 is 0 Å². The Kier molecular flexibility index (Phi) is 8.04. The van der Waals surface area contributed by atoms with Crippen molar-refractivity contribution in [3.05, 3.63) is 101 Å². The molecule has 1 heteroatoms. The quantitative estimate of drug-likeness (QED) is 0.334. The zero-order chi connectivity index (χ0) is 22.2. The van der Waals surface area contributed by atoms with Crippen molar-refractivity contribution >= 4 is 0 Å². The molecule has 1 aliphatic rings. The van der Waals surface area contributed by atoms with E-state index < -0.39 is 0 Å². The molecule has 3 aromatic rings. The molecule has 168 valence electrons. The minimum atomic E-state index is 0.674. The van der Waals surface area contributed by atoms with Crippen LogP contribution in [-0.2, 0) is 12.8 Å². The van der Waals surface area contributed by atoms with Crippen molar-refractivity contribution in [2.45, 2.75) is 70.6 Å². The maximum Gasteiger partial charge on any atom is 0.119 e. The molecule has 0 unspecified atom stereocenters. The molecule has 0 radical (unpaired) electrons. The molecule has 1 fully saturated rings. The van der Waals surface area contributed by atoms with Crippen molar-refractivity contribution in [1.29, 1.82) is 0 Å². The molecule has 0 amide bonds. The number of ether oxygens (including phenoxy) is 1. The Morgan fingerprint density at radius 2 is 1.34 bits per heavy atom. The Morgan fingerprint density at radius 3 is 1.94 bits per heavy atom. The third kappa shape index (κ3) is 6.25. The van der Waals surface area contributed by atoms with E-state index in [0.717, 1.165) is 37.0 Å². The van der Waals surface area contributed by atoms with Crippen LogP contribution in [0.25, 0.3) is 0 Å². The fraction of sp³-hybridized carbons (Fsp3) is 0.419. The van der Waals surface area contributed by atoms with Gasteiger partial charge in [-0.1, -0.05) is 73.7 Å². The molecule has 1 nitrogen and oxygen atoms in total. The second-order valence-corrected chi connectivity index (χ2v) is 9.58. The lowest BCUT2D eigenvalue weighted by Crippen LogP contribution is -2.15. The lowest BCUT2D eigenvalue weighted by molar-refractivity contribution is 0.297. The minimum Gasteiger partial charge on any atom is -0.494 e. The van der Waals surface area contributed by atoms with Gasteiger partial charge >= 0.3 is 0 Å². The van der Waals surface area contributed by atoms with Gasteiger partial charge < -0.3 is 4.74 Å². The average Bonchev–Trinajstić information content (AvgIpc) is 2.85. The van der Waals surface area contributed by atoms with Crippen molar-refractivity contribution < 1.29 is 4.74 Å². The van der Waals surface area contributed by atoms with E-state index in [9.17, 15) is 0 Å². The van der Waals surface area contributed by atoms with Gasteiger partial charge in [-0.25, -0.2) is 0 Å². The smallest absolute Gasteiger partial charge is 0.119 e. The summed E-state index contributed by atoms with van der Waals surface area (Å²) in [7, 11) is 0. The average molecular weight is 427 g/mol. The Labute approximate surface area is 194 Å². The standard InChI is InChI=1S/C31H38O/c1-3-32-31-21-15-26(16-22-31)10-9-25-11-17-29(18-12-25)30-19-13-27(14-20-30)23-24(2)28-7-5-4-6-8-28/h4-8,11-12,15-18,21-22,24,27,30H,3,9-10,13-14,19-20,23H2,1-2H3/t24-,27?,30?/m0/s1. The van der Waals surface area contributed by atoms with E-state index >= 15 is 0 Å². The van der Waals surface area contributed by atoms with Gasteiger partial charge in [0, 0.05) is 0 Å². The number of hydrogen-bond acceptors (Lipinski definition) is 1. The summed E-state index contributed by atoms with van der Waals surface area (Å²) in [5, 5.41) is 0. The summed E-state index contributed by atoms with van der Waals surface area (Å²) in [6.07, 6.45) is 8.95. The van der Waals surface area contributed by atoms with Crippen LogP contribution < -0.4 is 4.74 Å². The normalized spacial score (nSPS) is 19.4. The van der Waals surface area contributed by atoms with Crippen molar-refractivity contribution in [2.24, 2.45) is 5.92 Å². The summed E-state index contributed by atoms with van der Waals surface area (Å²) in [6, 6.07) is 29.1. The lowest BCUT2D eigenvalue weighted by atomic mass is 9.75. The molecule has 0 N–H and O–H groups in total. The molecule has 1 atom stereocenters. The Bertz CT molecular complexity index is 918. The Balaban J connectivity index is 1.23. The highest BCUT2D eigenvalue weighted by Crippen LogP contribution is 2.39. The van der Waals surface area contributed by atoms with Crippen LogP contribution in [0.15, 0.2) is 78.9 Å². The molecule has 0 bridgehead atoms. The van der Waals surface area contributed by atoms with Crippen LogP contribution in [0, 0.1) is 5.92 Å². The Hall–Kier alpha value is -2.54. The van der Waals surface area contributed by atoms with Crippen molar-refractivity contribution in [2.75, 3.05) is 6.61 Å². The van der Waals surface area contributed by atoms with Gasteiger partial charge in [0.15, 0.2) is 0 Å². The van der Waals surface area contributed by atoms with E-state index in [1.165, 1.54) is 48.8 Å². The second kappa shape index (κ2) is 11.4. The maximum atomic E-state index is 5.54. The molecule has 0 spiro atoms. The van der Waals surface area contributed by atoms with Gasteiger partial charge in [0.2, 0.25) is 0 Å². The summed E-state index contributed by atoms with van der Waals surface area (Å²) in [6.45, 7) is 5.14. The van der Waals surface area contributed by atoms with Crippen LogP contribution in [0.5, 0.6) is 5.75 Å². The van der Waals surface area contributed by atoms with Gasteiger partial charge in [-0.2, -0.15) is 0 Å². The zero-order valence-electron chi connectivity index (χ0n) is 19.8. The predicted octanol–water partition coefficient (Wildman–Crippen LogP) is 8.34. The molecular weight excluding hydrogens is 388 g/mol. The van der Waals surface area contributed by atoms with E-state index in [1.807, 2.05) is 6.92 Å². The molecule has 0 aliphatic heterocycles. The number of aryl methyl sites for hydroxylation is 2. The predicted molar refractivity (Wildman–Crippen MR) is 136 cm³/mol. The maximum absolute atomic E-state index is 5.54. The van der Waals surface area contributed by atoms with Gasteiger partial charge in [0.1, 0.15) is 5.75 Å². The highest BCUT2D eigenvalue weighted by molar-refractivity contribution is 5.30. The van der Waals surface area contributed by atoms with Crippen LogP contribution in [0.1, 0.15) is 80.0 Å². The van der Waals surface area contributed by atoms with Crippen LogP contribution in [0.2, 0.25) is 0 Å². The molecule has 0 heterocycles. The first-order chi connectivity index (χ1) is 15.7. The number of rotatable bonds is 9. The topological polar surface area (TPSA) is 9.23 Å². The fourth-order valence-corrected chi connectivity index (χ4v) is 5.31. The second-order valence-electron chi connectivity index (χ2n) is 9.58. The third-order valence-electron chi connectivity index (χ3n) is 7.29. The third-order valence-corrected chi connectivity index (χ3v) is 7.29.